The van der Waals surface area contributed by atoms with Crippen LogP contribution < -0.4 is 5.32 Å². The number of anilines is 1. The number of rotatable bonds is 5. The van der Waals surface area contributed by atoms with E-state index in [2.05, 4.69) is 5.32 Å². The van der Waals surface area contributed by atoms with Gasteiger partial charge in [-0.3, -0.25) is 4.79 Å². The predicted octanol–water partition coefficient (Wildman–Crippen LogP) is 4.06. The van der Waals surface area contributed by atoms with Crippen LogP contribution in [0.3, 0.4) is 0 Å². The fraction of sp³-hybridized carbons (Fsp3) is 0.105. The molecule has 0 saturated carbocycles. The third-order valence-electron chi connectivity index (χ3n) is 3.61. The van der Waals surface area contributed by atoms with Crippen molar-refractivity contribution in [1.82, 2.24) is 0 Å². The van der Waals surface area contributed by atoms with Crippen molar-refractivity contribution >= 4 is 28.2 Å². The van der Waals surface area contributed by atoms with Gasteiger partial charge in [-0.2, -0.15) is 5.26 Å². The van der Waals surface area contributed by atoms with Crippen LogP contribution in [-0.4, -0.2) is 18.0 Å². The number of ether oxygens (including phenoxy) is 1. The number of nitriles is 1. The van der Waals surface area contributed by atoms with Gasteiger partial charge in [-0.05, 0) is 30.0 Å². The van der Waals surface area contributed by atoms with Gasteiger partial charge >= 0.3 is 5.97 Å². The fourth-order valence-corrected chi connectivity index (χ4v) is 3.03. The average Bonchev–Trinajstić information content (AvgIpc) is 3.31. The Bertz CT molecular complexity index is 969. The second kappa shape index (κ2) is 7.68. The van der Waals surface area contributed by atoms with E-state index in [4.69, 9.17) is 14.4 Å². The molecule has 2 heterocycles. The Morgan fingerprint density at radius 3 is 2.73 bits per heavy atom. The lowest BCUT2D eigenvalue weighted by molar-refractivity contribution is -0.123. The quantitative estimate of drug-likeness (QED) is 0.687. The van der Waals surface area contributed by atoms with E-state index in [0.29, 0.717) is 16.1 Å². The van der Waals surface area contributed by atoms with Crippen molar-refractivity contribution in [3.8, 4) is 17.2 Å². The second-order valence-corrected chi connectivity index (χ2v) is 6.26. The molecule has 0 aliphatic rings. The summed E-state index contributed by atoms with van der Waals surface area (Å²) in [7, 11) is 0. The third kappa shape index (κ3) is 3.66. The number of hydrogen-bond acceptors (Lipinski definition) is 6. The highest BCUT2D eigenvalue weighted by Crippen LogP contribution is 2.26. The summed E-state index contributed by atoms with van der Waals surface area (Å²) in [6.45, 7) is 1.46. The predicted molar refractivity (Wildman–Crippen MR) is 96.7 cm³/mol. The summed E-state index contributed by atoms with van der Waals surface area (Å²) in [5.74, 6) is -1.22. The minimum atomic E-state index is -1.05. The molecule has 0 fully saturated rings. The normalized spacial score (nSPS) is 11.4. The van der Waals surface area contributed by atoms with Gasteiger partial charge in [0.05, 0.1) is 11.8 Å². The highest BCUT2D eigenvalue weighted by Gasteiger charge is 2.24. The molecule has 0 saturated heterocycles. The van der Waals surface area contributed by atoms with E-state index in [1.54, 1.807) is 17.5 Å². The lowest BCUT2D eigenvalue weighted by Gasteiger charge is -2.12. The van der Waals surface area contributed by atoms with Crippen LogP contribution >= 0.6 is 11.3 Å². The molecule has 1 atom stereocenters. The van der Waals surface area contributed by atoms with Crippen molar-refractivity contribution in [2.24, 2.45) is 0 Å². The number of amides is 1. The Morgan fingerprint density at radius 2 is 2.00 bits per heavy atom. The van der Waals surface area contributed by atoms with Gasteiger partial charge in [0.2, 0.25) is 5.76 Å². The first kappa shape index (κ1) is 17.5. The number of carbonyl (C=O) groups is 2. The molecule has 1 aromatic carbocycles. The number of thiophene rings is 1. The van der Waals surface area contributed by atoms with Crippen LogP contribution in [0.2, 0.25) is 0 Å². The molecule has 1 N–H and O–H groups in total. The summed E-state index contributed by atoms with van der Waals surface area (Å²) >= 11 is 1.22. The molecule has 7 heteroatoms. The molecular weight excluding hydrogens is 352 g/mol. The monoisotopic (exact) mass is 366 g/mol. The number of esters is 1. The van der Waals surface area contributed by atoms with Gasteiger partial charge in [0.15, 0.2) is 6.10 Å². The number of hydrogen-bond donors (Lipinski definition) is 1. The van der Waals surface area contributed by atoms with Gasteiger partial charge in [-0.25, -0.2) is 4.79 Å². The highest BCUT2D eigenvalue weighted by atomic mass is 32.1. The Hall–Kier alpha value is -3.37. The third-order valence-corrected chi connectivity index (χ3v) is 4.44. The van der Waals surface area contributed by atoms with E-state index in [1.807, 2.05) is 36.4 Å². The van der Waals surface area contributed by atoms with E-state index in [0.717, 1.165) is 5.56 Å². The topological polar surface area (TPSA) is 92.3 Å². The number of furan rings is 1. The maximum absolute atomic E-state index is 12.4. The zero-order chi connectivity index (χ0) is 18.5. The van der Waals surface area contributed by atoms with Crippen molar-refractivity contribution < 1.29 is 18.7 Å². The summed E-state index contributed by atoms with van der Waals surface area (Å²) in [5.41, 5.74) is 1.76. The first-order valence-electron chi connectivity index (χ1n) is 7.72. The Kier molecular flexibility index (Phi) is 5.15. The van der Waals surface area contributed by atoms with Crippen molar-refractivity contribution in [2.45, 2.75) is 13.0 Å². The zero-order valence-corrected chi connectivity index (χ0v) is 14.6. The summed E-state index contributed by atoms with van der Waals surface area (Å²) in [4.78, 5) is 24.6. The summed E-state index contributed by atoms with van der Waals surface area (Å²) in [6, 6.07) is 14.5. The molecule has 3 rings (SSSR count). The summed E-state index contributed by atoms with van der Waals surface area (Å²) in [6.07, 6.45) is 0.346. The largest absolute Gasteiger partial charge is 0.457 e. The standard InChI is InChI=1S/C19H14N2O4S/c1-12(17(22)21-18-14(11-20)8-10-26-18)25-19(23)16-15(7-9-24-16)13-5-3-2-4-6-13/h2-10,12H,1H3,(H,21,22). The van der Waals surface area contributed by atoms with Crippen LogP contribution in [0.4, 0.5) is 5.00 Å². The number of nitrogens with one attached hydrogen (secondary N) is 1. The van der Waals surface area contributed by atoms with Crippen LogP contribution in [0.5, 0.6) is 0 Å². The van der Waals surface area contributed by atoms with E-state index in [-0.39, 0.29) is 5.76 Å². The molecular formula is C19H14N2O4S. The maximum Gasteiger partial charge on any atom is 0.375 e. The molecule has 0 aliphatic carbocycles. The fourth-order valence-electron chi connectivity index (χ4n) is 2.29. The lowest BCUT2D eigenvalue weighted by Crippen LogP contribution is -2.30. The van der Waals surface area contributed by atoms with Gasteiger partial charge in [-0.1, -0.05) is 30.3 Å². The molecule has 0 bridgehead atoms. The molecule has 0 aliphatic heterocycles. The second-order valence-electron chi connectivity index (χ2n) is 5.34. The molecule has 130 valence electrons. The Balaban J connectivity index is 1.70. The minimum Gasteiger partial charge on any atom is -0.457 e. The van der Waals surface area contributed by atoms with Crippen molar-refractivity contribution in [1.29, 1.82) is 5.26 Å². The first-order chi connectivity index (χ1) is 12.6. The van der Waals surface area contributed by atoms with Gasteiger partial charge in [0.25, 0.3) is 5.91 Å². The van der Waals surface area contributed by atoms with Crippen LogP contribution in [-0.2, 0) is 9.53 Å². The number of carbonyl (C=O) groups excluding carboxylic acids is 2. The SMILES string of the molecule is CC(OC(=O)c1occc1-c1ccccc1)C(=O)Nc1sccc1C#N. The summed E-state index contributed by atoms with van der Waals surface area (Å²) < 4.78 is 10.5. The molecule has 1 amide bonds. The smallest absolute Gasteiger partial charge is 0.375 e. The highest BCUT2D eigenvalue weighted by molar-refractivity contribution is 7.14. The van der Waals surface area contributed by atoms with E-state index in [1.165, 1.54) is 24.5 Å². The Morgan fingerprint density at radius 1 is 1.23 bits per heavy atom. The van der Waals surface area contributed by atoms with E-state index < -0.39 is 18.0 Å². The van der Waals surface area contributed by atoms with Gasteiger partial charge in [0.1, 0.15) is 11.1 Å². The molecule has 6 nitrogen and oxygen atoms in total. The minimum absolute atomic E-state index is 0.0321. The maximum atomic E-state index is 12.4. The van der Waals surface area contributed by atoms with E-state index >= 15 is 0 Å². The van der Waals surface area contributed by atoms with E-state index in [9.17, 15) is 9.59 Å². The van der Waals surface area contributed by atoms with Gasteiger partial charge in [0, 0.05) is 5.56 Å². The molecule has 0 radical (unpaired) electrons. The Labute approximate surface area is 153 Å². The van der Waals surface area contributed by atoms with Crippen molar-refractivity contribution in [2.75, 3.05) is 5.32 Å². The average molecular weight is 366 g/mol. The van der Waals surface area contributed by atoms with Gasteiger partial charge in [-0.15, -0.1) is 11.3 Å². The van der Waals surface area contributed by atoms with Crippen molar-refractivity contribution in [3.05, 3.63) is 65.4 Å². The van der Waals surface area contributed by atoms with Crippen LogP contribution in [0.15, 0.2) is 58.5 Å². The van der Waals surface area contributed by atoms with Crippen LogP contribution in [0.25, 0.3) is 11.1 Å². The first-order valence-corrected chi connectivity index (χ1v) is 8.60. The lowest BCUT2D eigenvalue weighted by atomic mass is 10.1. The summed E-state index contributed by atoms with van der Waals surface area (Å²) in [5, 5.41) is 13.7. The molecule has 3 aromatic rings. The number of benzene rings is 1. The number of nitrogens with zero attached hydrogens (tertiary/aromatic N) is 1. The van der Waals surface area contributed by atoms with Crippen LogP contribution in [0, 0.1) is 11.3 Å². The molecule has 2 aromatic heterocycles. The van der Waals surface area contributed by atoms with Crippen molar-refractivity contribution in [3.63, 3.8) is 0 Å². The molecule has 26 heavy (non-hydrogen) atoms. The molecule has 1 unspecified atom stereocenters. The van der Waals surface area contributed by atoms with Crippen LogP contribution in [0.1, 0.15) is 23.0 Å². The zero-order valence-electron chi connectivity index (χ0n) is 13.8. The molecule has 0 spiro atoms. The van der Waals surface area contributed by atoms with Gasteiger partial charge < -0.3 is 14.5 Å².